The molecule has 0 aliphatic heterocycles. The Morgan fingerprint density at radius 1 is 1.04 bits per heavy atom. The maximum atomic E-state index is 5.21. The molecule has 1 N–H and O–H groups in total. The molecule has 2 heterocycles. The van der Waals surface area contributed by atoms with Crippen LogP contribution in [0.25, 0.3) is 28.0 Å². The summed E-state index contributed by atoms with van der Waals surface area (Å²) in [4.78, 5) is 8.86. The van der Waals surface area contributed by atoms with Crippen LogP contribution in [-0.4, -0.2) is 27.7 Å². The van der Waals surface area contributed by atoms with Crippen LogP contribution in [0.3, 0.4) is 0 Å². The summed E-state index contributed by atoms with van der Waals surface area (Å²) in [6, 6.07) is 22.1. The molecule has 4 aromatic rings. The normalized spacial score (nSPS) is 14.0. The van der Waals surface area contributed by atoms with Crippen LogP contribution >= 0.6 is 0 Å². The highest BCUT2D eigenvalue weighted by molar-refractivity contribution is 5.86. The average Bonchev–Trinajstić information content (AvgIpc) is 3.10. The highest BCUT2D eigenvalue weighted by Gasteiger charge is 2.17. The van der Waals surface area contributed by atoms with Crippen molar-refractivity contribution in [2.75, 3.05) is 12.4 Å². The van der Waals surface area contributed by atoms with Crippen molar-refractivity contribution < 1.29 is 4.74 Å². The van der Waals surface area contributed by atoms with E-state index in [1.807, 2.05) is 12.3 Å². The first-order valence-corrected chi connectivity index (χ1v) is 9.67. The monoisotopic (exact) mass is 370 g/mol. The van der Waals surface area contributed by atoms with Crippen molar-refractivity contribution in [2.24, 2.45) is 0 Å². The zero-order chi connectivity index (χ0) is 18.9. The SMILES string of the molecule is COc1ncc2c(cc(-c3ccccc3)n2-c2ccc(NC3CCC3)cc2)n1. The number of hydrogen-bond donors (Lipinski definition) is 1. The molecule has 1 saturated carbocycles. The molecule has 0 bridgehead atoms. The summed E-state index contributed by atoms with van der Waals surface area (Å²) in [5.41, 5.74) is 6.29. The molecule has 5 nitrogen and oxygen atoms in total. The molecule has 2 aromatic carbocycles. The first-order chi connectivity index (χ1) is 13.8. The van der Waals surface area contributed by atoms with Crippen molar-refractivity contribution in [1.82, 2.24) is 14.5 Å². The Morgan fingerprint density at radius 3 is 2.50 bits per heavy atom. The van der Waals surface area contributed by atoms with E-state index in [1.54, 1.807) is 7.11 Å². The second-order valence-electron chi connectivity index (χ2n) is 7.18. The number of ether oxygens (including phenoxy) is 1. The molecule has 1 aliphatic rings. The smallest absolute Gasteiger partial charge is 0.316 e. The number of aromatic nitrogens is 3. The zero-order valence-corrected chi connectivity index (χ0v) is 15.8. The summed E-state index contributed by atoms with van der Waals surface area (Å²) in [6.07, 6.45) is 5.69. The van der Waals surface area contributed by atoms with Crippen LogP contribution in [0.5, 0.6) is 6.01 Å². The van der Waals surface area contributed by atoms with Crippen LogP contribution in [-0.2, 0) is 0 Å². The van der Waals surface area contributed by atoms with Crippen LogP contribution in [0, 0.1) is 0 Å². The topological polar surface area (TPSA) is 52.0 Å². The summed E-state index contributed by atoms with van der Waals surface area (Å²) >= 11 is 0. The average molecular weight is 370 g/mol. The van der Waals surface area contributed by atoms with Crippen molar-refractivity contribution in [3.8, 4) is 23.0 Å². The Morgan fingerprint density at radius 2 is 1.82 bits per heavy atom. The van der Waals surface area contributed by atoms with Crippen LogP contribution < -0.4 is 10.1 Å². The molecule has 5 heteroatoms. The number of fused-ring (bicyclic) bond motifs is 1. The van der Waals surface area contributed by atoms with Crippen LogP contribution in [0.4, 0.5) is 5.69 Å². The van der Waals surface area contributed by atoms with Crippen molar-refractivity contribution in [1.29, 1.82) is 0 Å². The summed E-state index contributed by atoms with van der Waals surface area (Å²) in [7, 11) is 1.59. The lowest BCUT2D eigenvalue weighted by Crippen LogP contribution is -2.26. The second kappa shape index (κ2) is 7.00. The molecule has 0 radical (unpaired) electrons. The predicted molar refractivity (Wildman–Crippen MR) is 112 cm³/mol. The highest BCUT2D eigenvalue weighted by atomic mass is 16.5. The third-order valence-corrected chi connectivity index (χ3v) is 5.38. The van der Waals surface area contributed by atoms with Gasteiger partial charge in [-0.2, -0.15) is 4.98 Å². The lowest BCUT2D eigenvalue weighted by Gasteiger charge is -2.27. The summed E-state index contributed by atoms with van der Waals surface area (Å²) in [5, 5.41) is 3.60. The minimum atomic E-state index is 0.379. The molecule has 140 valence electrons. The van der Waals surface area contributed by atoms with E-state index in [9.17, 15) is 0 Å². The molecular formula is C23H22N4O. The van der Waals surface area contributed by atoms with E-state index >= 15 is 0 Å². The van der Waals surface area contributed by atoms with Crippen molar-refractivity contribution in [3.63, 3.8) is 0 Å². The van der Waals surface area contributed by atoms with Crippen LogP contribution in [0.2, 0.25) is 0 Å². The van der Waals surface area contributed by atoms with Gasteiger partial charge < -0.3 is 14.6 Å². The molecule has 1 aliphatic carbocycles. The number of methoxy groups -OCH3 is 1. The quantitative estimate of drug-likeness (QED) is 0.533. The van der Waals surface area contributed by atoms with Crippen molar-refractivity contribution in [2.45, 2.75) is 25.3 Å². The van der Waals surface area contributed by atoms with E-state index in [1.165, 1.54) is 24.9 Å². The molecule has 2 aromatic heterocycles. The van der Waals surface area contributed by atoms with E-state index in [0.29, 0.717) is 12.1 Å². The Kier molecular flexibility index (Phi) is 4.20. The number of anilines is 1. The van der Waals surface area contributed by atoms with Gasteiger partial charge in [0.1, 0.15) is 0 Å². The maximum Gasteiger partial charge on any atom is 0.316 e. The maximum absolute atomic E-state index is 5.21. The molecule has 0 amide bonds. The highest BCUT2D eigenvalue weighted by Crippen LogP contribution is 2.32. The minimum Gasteiger partial charge on any atom is -0.467 e. The largest absolute Gasteiger partial charge is 0.467 e. The van der Waals surface area contributed by atoms with Gasteiger partial charge in [0.15, 0.2) is 0 Å². The Labute approximate surface area is 164 Å². The predicted octanol–water partition coefficient (Wildman–Crippen LogP) is 5.06. The van der Waals surface area contributed by atoms with Gasteiger partial charge in [0.05, 0.1) is 30.0 Å². The van der Waals surface area contributed by atoms with E-state index in [0.717, 1.165) is 28.0 Å². The fourth-order valence-corrected chi connectivity index (χ4v) is 3.67. The van der Waals surface area contributed by atoms with E-state index in [4.69, 9.17) is 4.74 Å². The van der Waals surface area contributed by atoms with Crippen molar-refractivity contribution >= 4 is 16.7 Å². The fourth-order valence-electron chi connectivity index (χ4n) is 3.67. The standard InChI is InChI=1S/C23H22N4O/c1-28-23-24-15-22-20(26-23)14-21(16-6-3-2-4-7-16)27(22)19-12-10-18(11-13-19)25-17-8-5-9-17/h2-4,6-7,10-15,17,25H,5,8-9H2,1H3. The molecular weight excluding hydrogens is 348 g/mol. The van der Waals surface area contributed by atoms with Gasteiger partial charge in [0, 0.05) is 17.4 Å². The van der Waals surface area contributed by atoms with Gasteiger partial charge in [-0.15, -0.1) is 0 Å². The third kappa shape index (κ3) is 2.99. The van der Waals surface area contributed by atoms with Gasteiger partial charge in [0.2, 0.25) is 0 Å². The van der Waals surface area contributed by atoms with Gasteiger partial charge in [-0.25, -0.2) is 4.98 Å². The number of nitrogens with zero attached hydrogens (tertiary/aromatic N) is 3. The van der Waals surface area contributed by atoms with E-state index in [2.05, 4.69) is 74.4 Å². The van der Waals surface area contributed by atoms with Gasteiger partial charge in [-0.05, 0) is 55.2 Å². The Bertz CT molecular complexity index is 1100. The van der Waals surface area contributed by atoms with Gasteiger partial charge in [0.25, 0.3) is 0 Å². The zero-order valence-electron chi connectivity index (χ0n) is 15.8. The summed E-state index contributed by atoms with van der Waals surface area (Å²) in [6.45, 7) is 0. The number of hydrogen-bond acceptors (Lipinski definition) is 4. The number of rotatable bonds is 5. The lowest BCUT2D eigenvalue weighted by atomic mass is 9.93. The summed E-state index contributed by atoms with van der Waals surface area (Å²) in [5.74, 6) is 0. The summed E-state index contributed by atoms with van der Waals surface area (Å²) < 4.78 is 7.42. The van der Waals surface area contributed by atoms with E-state index < -0.39 is 0 Å². The van der Waals surface area contributed by atoms with Gasteiger partial charge in [-0.3, -0.25) is 0 Å². The Hall–Kier alpha value is -3.34. The fraction of sp³-hybridized carbons (Fsp3) is 0.217. The molecule has 0 saturated heterocycles. The van der Waals surface area contributed by atoms with Gasteiger partial charge >= 0.3 is 6.01 Å². The second-order valence-corrected chi connectivity index (χ2v) is 7.18. The molecule has 0 unspecified atom stereocenters. The molecule has 0 atom stereocenters. The third-order valence-electron chi connectivity index (χ3n) is 5.38. The molecule has 0 spiro atoms. The number of nitrogens with one attached hydrogen (secondary N) is 1. The van der Waals surface area contributed by atoms with Gasteiger partial charge in [-0.1, -0.05) is 30.3 Å². The van der Waals surface area contributed by atoms with Crippen molar-refractivity contribution in [3.05, 3.63) is 66.9 Å². The number of benzene rings is 2. The van der Waals surface area contributed by atoms with Crippen LogP contribution in [0.15, 0.2) is 66.9 Å². The van der Waals surface area contributed by atoms with Crippen LogP contribution in [0.1, 0.15) is 19.3 Å². The van der Waals surface area contributed by atoms with E-state index in [-0.39, 0.29) is 0 Å². The molecule has 1 fully saturated rings. The first kappa shape index (κ1) is 16.8. The minimum absolute atomic E-state index is 0.379. The first-order valence-electron chi connectivity index (χ1n) is 9.67. The molecule has 5 rings (SSSR count). The Balaban J connectivity index is 1.62. The molecule has 28 heavy (non-hydrogen) atoms. The lowest BCUT2D eigenvalue weighted by molar-refractivity contribution is 0.382.